The van der Waals surface area contributed by atoms with Gasteiger partial charge in [0.2, 0.25) is 0 Å². The SMILES string of the molecule is Cc1cc(C)n(CCCNS(=O)(=O)N(C)Cc2ccccc2)n1. The van der Waals surface area contributed by atoms with E-state index in [9.17, 15) is 8.42 Å². The lowest BCUT2D eigenvalue weighted by Gasteiger charge is -2.17. The topological polar surface area (TPSA) is 67.2 Å². The van der Waals surface area contributed by atoms with E-state index in [0.29, 0.717) is 26.1 Å². The summed E-state index contributed by atoms with van der Waals surface area (Å²) >= 11 is 0. The van der Waals surface area contributed by atoms with Gasteiger partial charge >= 0.3 is 0 Å². The average molecular weight is 336 g/mol. The van der Waals surface area contributed by atoms with Crippen LogP contribution >= 0.6 is 0 Å². The van der Waals surface area contributed by atoms with Crippen LogP contribution in [-0.2, 0) is 23.3 Å². The average Bonchev–Trinajstić information content (AvgIpc) is 2.82. The Morgan fingerprint density at radius 3 is 2.52 bits per heavy atom. The molecule has 0 amide bonds. The summed E-state index contributed by atoms with van der Waals surface area (Å²) in [6.45, 7) is 5.39. The second-order valence-electron chi connectivity index (χ2n) is 5.64. The molecule has 0 aliphatic heterocycles. The van der Waals surface area contributed by atoms with E-state index in [1.165, 1.54) is 4.31 Å². The molecule has 0 aliphatic carbocycles. The minimum Gasteiger partial charge on any atom is -0.270 e. The van der Waals surface area contributed by atoms with Gasteiger partial charge in [0.1, 0.15) is 0 Å². The number of aromatic nitrogens is 2. The lowest BCUT2D eigenvalue weighted by atomic mass is 10.2. The maximum atomic E-state index is 12.2. The predicted molar refractivity (Wildman–Crippen MR) is 91.1 cm³/mol. The van der Waals surface area contributed by atoms with Gasteiger partial charge in [-0.1, -0.05) is 30.3 Å². The zero-order valence-corrected chi connectivity index (χ0v) is 14.7. The summed E-state index contributed by atoms with van der Waals surface area (Å²) in [4.78, 5) is 0. The van der Waals surface area contributed by atoms with E-state index < -0.39 is 10.2 Å². The van der Waals surface area contributed by atoms with Crippen LogP contribution in [0.5, 0.6) is 0 Å². The van der Waals surface area contributed by atoms with Gasteiger partial charge in [0.15, 0.2) is 0 Å². The third kappa shape index (κ3) is 5.16. The lowest BCUT2D eigenvalue weighted by molar-refractivity contribution is 0.451. The smallest absolute Gasteiger partial charge is 0.270 e. The van der Waals surface area contributed by atoms with Crippen molar-refractivity contribution in [2.45, 2.75) is 33.4 Å². The van der Waals surface area contributed by atoms with Gasteiger partial charge in [-0.2, -0.15) is 17.8 Å². The van der Waals surface area contributed by atoms with Crippen LogP contribution < -0.4 is 4.72 Å². The summed E-state index contributed by atoms with van der Waals surface area (Å²) in [6.07, 6.45) is 0.695. The fourth-order valence-electron chi connectivity index (χ4n) is 2.37. The molecule has 6 nitrogen and oxygen atoms in total. The molecule has 1 heterocycles. The molecule has 1 N–H and O–H groups in total. The van der Waals surface area contributed by atoms with Crippen molar-refractivity contribution in [1.82, 2.24) is 18.8 Å². The molecule has 1 aromatic carbocycles. The van der Waals surface area contributed by atoms with Crippen molar-refractivity contribution in [2.75, 3.05) is 13.6 Å². The molecule has 0 unspecified atom stereocenters. The number of rotatable bonds is 8. The van der Waals surface area contributed by atoms with Crippen LogP contribution in [0.25, 0.3) is 0 Å². The van der Waals surface area contributed by atoms with Gasteiger partial charge in [0.25, 0.3) is 10.2 Å². The van der Waals surface area contributed by atoms with E-state index >= 15 is 0 Å². The van der Waals surface area contributed by atoms with Gasteiger partial charge in [-0.15, -0.1) is 0 Å². The van der Waals surface area contributed by atoms with Gasteiger partial charge in [0.05, 0.1) is 5.69 Å². The third-order valence-corrected chi connectivity index (χ3v) is 5.11. The Hall–Kier alpha value is -1.70. The van der Waals surface area contributed by atoms with Crippen LogP contribution in [-0.4, -0.2) is 36.1 Å². The summed E-state index contributed by atoms with van der Waals surface area (Å²) in [6, 6.07) is 11.5. The number of aryl methyl sites for hydroxylation is 3. The number of hydrogen-bond acceptors (Lipinski definition) is 3. The summed E-state index contributed by atoms with van der Waals surface area (Å²) in [5.74, 6) is 0. The largest absolute Gasteiger partial charge is 0.279 e. The van der Waals surface area contributed by atoms with Crippen molar-refractivity contribution in [3.05, 3.63) is 53.3 Å². The van der Waals surface area contributed by atoms with Crippen molar-refractivity contribution >= 4 is 10.2 Å². The lowest BCUT2D eigenvalue weighted by Crippen LogP contribution is -2.38. The molecule has 2 aromatic rings. The summed E-state index contributed by atoms with van der Waals surface area (Å²) in [7, 11) is -1.88. The Balaban J connectivity index is 1.80. The van der Waals surface area contributed by atoms with Gasteiger partial charge in [-0.25, -0.2) is 4.72 Å². The van der Waals surface area contributed by atoms with Crippen LogP contribution in [0.1, 0.15) is 23.4 Å². The molecule has 0 aliphatic rings. The first kappa shape index (κ1) is 17.7. The molecule has 0 saturated heterocycles. The Morgan fingerprint density at radius 1 is 1.22 bits per heavy atom. The first-order valence-corrected chi connectivity index (χ1v) is 9.08. The second-order valence-corrected chi connectivity index (χ2v) is 7.51. The maximum absolute atomic E-state index is 12.2. The van der Waals surface area contributed by atoms with Crippen LogP contribution in [0.3, 0.4) is 0 Å². The Labute approximate surface area is 138 Å². The fourth-order valence-corrected chi connectivity index (χ4v) is 3.31. The number of nitrogens with one attached hydrogen (secondary N) is 1. The first-order chi connectivity index (χ1) is 10.9. The standard InChI is InChI=1S/C16H24N4O2S/c1-14-12-15(2)20(18-14)11-7-10-17-23(21,22)19(3)13-16-8-5-4-6-9-16/h4-6,8-9,12,17H,7,10-11,13H2,1-3H3. The van der Waals surface area contributed by atoms with E-state index in [-0.39, 0.29) is 0 Å². The molecule has 0 radical (unpaired) electrons. The van der Waals surface area contributed by atoms with Gasteiger partial charge in [0, 0.05) is 32.4 Å². The van der Waals surface area contributed by atoms with Crippen molar-refractivity contribution in [2.24, 2.45) is 0 Å². The van der Waals surface area contributed by atoms with E-state index in [2.05, 4.69) is 9.82 Å². The Kier molecular flexibility index (Phi) is 5.92. The molecular formula is C16H24N4O2S. The number of hydrogen-bond donors (Lipinski definition) is 1. The van der Waals surface area contributed by atoms with Crippen LogP contribution in [0.2, 0.25) is 0 Å². The van der Waals surface area contributed by atoms with Crippen molar-refractivity contribution in [3.8, 4) is 0 Å². The molecule has 0 spiro atoms. The van der Waals surface area contributed by atoms with Crippen molar-refractivity contribution in [1.29, 1.82) is 0 Å². The predicted octanol–water partition coefficient (Wildman–Crippen LogP) is 1.86. The van der Waals surface area contributed by atoms with Crippen molar-refractivity contribution in [3.63, 3.8) is 0 Å². The highest BCUT2D eigenvalue weighted by atomic mass is 32.2. The van der Waals surface area contributed by atoms with Crippen molar-refractivity contribution < 1.29 is 8.42 Å². The van der Waals surface area contributed by atoms with E-state index in [1.807, 2.05) is 54.9 Å². The summed E-state index contributed by atoms with van der Waals surface area (Å²) < 4.78 is 30.3. The van der Waals surface area contributed by atoms with Gasteiger partial charge in [-0.3, -0.25) is 4.68 Å². The fraction of sp³-hybridized carbons (Fsp3) is 0.438. The minimum atomic E-state index is -3.46. The third-order valence-electron chi connectivity index (χ3n) is 3.59. The molecule has 23 heavy (non-hydrogen) atoms. The Morgan fingerprint density at radius 2 is 1.91 bits per heavy atom. The zero-order valence-electron chi connectivity index (χ0n) is 13.9. The highest BCUT2D eigenvalue weighted by molar-refractivity contribution is 7.87. The quantitative estimate of drug-likeness (QED) is 0.748. The monoisotopic (exact) mass is 336 g/mol. The zero-order chi connectivity index (χ0) is 16.9. The highest BCUT2D eigenvalue weighted by Gasteiger charge is 2.16. The van der Waals surface area contributed by atoms with Crippen LogP contribution in [0.15, 0.2) is 36.4 Å². The van der Waals surface area contributed by atoms with E-state index in [1.54, 1.807) is 7.05 Å². The molecule has 0 fully saturated rings. The van der Waals surface area contributed by atoms with Crippen LogP contribution in [0, 0.1) is 13.8 Å². The molecule has 0 saturated carbocycles. The highest BCUT2D eigenvalue weighted by Crippen LogP contribution is 2.06. The molecule has 1 aromatic heterocycles. The van der Waals surface area contributed by atoms with Gasteiger partial charge in [-0.05, 0) is 31.9 Å². The number of benzene rings is 1. The first-order valence-electron chi connectivity index (χ1n) is 7.64. The normalized spacial score (nSPS) is 12.0. The minimum absolute atomic E-state index is 0.355. The molecule has 126 valence electrons. The molecule has 0 bridgehead atoms. The molecule has 0 atom stereocenters. The second kappa shape index (κ2) is 7.72. The summed E-state index contributed by atoms with van der Waals surface area (Å²) in [5.41, 5.74) is 3.03. The maximum Gasteiger partial charge on any atom is 0.279 e. The number of nitrogens with zero attached hydrogens (tertiary/aromatic N) is 3. The Bertz CT molecular complexity index is 726. The van der Waals surface area contributed by atoms with Gasteiger partial charge < -0.3 is 0 Å². The molecule has 2 rings (SSSR count). The molecule has 7 heteroatoms. The van der Waals surface area contributed by atoms with Crippen LogP contribution in [0.4, 0.5) is 0 Å². The van der Waals surface area contributed by atoms with E-state index in [4.69, 9.17) is 0 Å². The van der Waals surface area contributed by atoms with E-state index in [0.717, 1.165) is 17.0 Å². The molecular weight excluding hydrogens is 312 g/mol. The summed E-state index contributed by atoms with van der Waals surface area (Å²) in [5, 5.41) is 4.36.